The standard InChI is InChI=1S/C23H29N3O3/c1-17-4-3-5-21(14-17)29-13-12-25-22(27)16-26(20-10-11-20)15-18-6-8-19(9-7-18)23(28)24-2/h3-9,14,20H,10-13,15-16H2,1-2H3,(H,24,28)(H,25,27). The molecule has 1 fully saturated rings. The van der Waals surface area contributed by atoms with Gasteiger partial charge in [-0.3, -0.25) is 14.5 Å². The van der Waals surface area contributed by atoms with Crippen molar-refractivity contribution >= 4 is 11.8 Å². The molecule has 0 bridgehead atoms. The van der Waals surface area contributed by atoms with Gasteiger partial charge in [0.2, 0.25) is 5.91 Å². The molecule has 0 aliphatic heterocycles. The van der Waals surface area contributed by atoms with Crippen LogP contribution in [0.25, 0.3) is 0 Å². The van der Waals surface area contributed by atoms with E-state index in [0.717, 1.165) is 29.7 Å². The summed E-state index contributed by atoms with van der Waals surface area (Å²) < 4.78 is 5.68. The Bertz CT molecular complexity index is 832. The molecular weight excluding hydrogens is 366 g/mol. The summed E-state index contributed by atoms with van der Waals surface area (Å²) in [6.45, 7) is 4.01. The van der Waals surface area contributed by atoms with Crippen molar-refractivity contribution in [3.63, 3.8) is 0 Å². The van der Waals surface area contributed by atoms with Crippen molar-refractivity contribution in [3.05, 3.63) is 65.2 Å². The summed E-state index contributed by atoms with van der Waals surface area (Å²) in [5, 5.41) is 5.56. The van der Waals surface area contributed by atoms with E-state index in [1.165, 1.54) is 0 Å². The second-order valence-corrected chi connectivity index (χ2v) is 7.43. The average Bonchev–Trinajstić information content (AvgIpc) is 3.56. The van der Waals surface area contributed by atoms with Crippen LogP contribution in [-0.4, -0.2) is 49.5 Å². The number of carbonyl (C=O) groups excluding carboxylic acids is 2. The van der Waals surface area contributed by atoms with E-state index >= 15 is 0 Å². The van der Waals surface area contributed by atoms with Crippen LogP contribution in [0.1, 0.15) is 34.3 Å². The van der Waals surface area contributed by atoms with E-state index in [-0.39, 0.29) is 11.8 Å². The SMILES string of the molecule is CNC(=O)c1ccc(CN(CC(=O)NCCOc2cccc(C)c2)C2CC2)cc1. The Morgan fingerprint density at radius 2 is 1.90 bits per heavy atom. The van der Waals surface area contributed by atoms with Crippen molar-refractivity contribution < 1.29 is 14.3 Å². The Morgan fingerprint density at radius 1 is 1.14 bits per heavy atom. The first-order chi connectivity index (χ1) is 14.0. The lowest BCUT2D eigenvalue weighted by atomic mass is 10.1. The van der Waals surface area contributed by atoms with Gasteiger partial charge in [0.15, 0.2) is 0 Å². The Balaban J connectivity index is 1.44. The molecular formula is C23H29N3O3. The van der Waals surface area contributed by atoms with E-state index in [2.05, 4.69) is 15.5 Å². The Hall–Kier alpha value is -2.86. The van der Waals surface area contributed by atoms with Crippen LogP contribution < -0.4 is 15.4 Å². The fraction of sp³-hybridized carbons (Fsp3) is 0.391. The number of aryl methyl sites for hydroxylation is 1. The first kappa shape index (κ1) is 20.9. The smallest absolute Gasteiger partial charge is 0.251 e. The number of amides is 2. The van der Waals surface area contributed by atoms with Crippen LogP contribution in [-0.2, 0) is 11.3 Å². The second-order valence-electron chi connectivity index (χ2n) is 7.43. The van der Waals surface area contributed by atoms with E-state index in [4.69, 9.17) is 4.74 Å². The second kappa shape index (κ2) is 10.1. The highest BCUT2D eigenvalue weighted by Gasteiger charge is 2.30. The van der Waals surface area contributed by atoms with Gasteiger partial charge in [0.1, 0.15) is 12.4 Å². The number of rotatable bonds is 10. The fourth-order valence-corrected chi connectivity index (χ4v) is 3.20. The lowest BCUT2D eigenvalue weighted by molar-refractivity contribution is -0.122. The van der Waals surface area contributed by atoms with Gasteiger partial charge < -0.3 is 15.4 Å². The molecule has 2 aromatic carbocycles. The summed E-state index contributed by atoms with van der Waals surface area (Å²) >= 11 is 0. The van der Waals surface area contributed by atoms with E-state index in [1.807, 2.05) is 55.5 Å². The molecule has 0 atom stereocenters. The van der Waals surface area contributed by atoms with Gasteiger partial charge >= 0.3 is 0 Å². The van der Waals surface area contributed by atoms with Crippen LogP contribution in [0.4, 0.5) is 0 Å². The highest BCUT2D eigenvalue weighted by molar-refractivity contribution is 5.93. The number of ether oxygens (including phenoxy) is 1. The Kier molecular flexibility index (Phi) is 7.25. The van der Waals surface area contributed by atoms with Crippen molar-refractivity contribution in [2.45, 2.75) is 32.4 Å². The molecule has 0 unspecified atom stereocenters. The van der Waals surface area contributed by atoms with Crippen molar-refractivity contribution in [1.82, 2.24) is 15.5 Å². The summed E-state index contributed by atoms with van der Waals surface area (Å²) in [7, 11) is 1.62. The van der Waals surface area contributed by atoms with Crippen LogP contribution >= 0.6 is 0 Å². The van der Waals surface area contributed by atoms with Gasteiger partial charge in [-0.05, 0) is 55.2 Å². The molecule has 1 aliphatic carbocycles. The van der Waals surface area contributed by atoms with Crippen LogP contribution in [0.2, 0.25) is 0 Å². The first-order valence-electron chi connectivity index (χ1n) is 10.1. The topological polar surface area (TPSA) is 70.7 Å². The maximum Gasteiger partial charge on any atom is 0.251 e. The zero-order valence-electron chi connectivity index (χ0n) is 17.1. The molecule has 29 heavy (non-hydrogen) atoms. The monoisotopic (exact) mass is 395 g/mol. The average molecular weight is 396 g/mol. The molecule has 6 heteroatoms. The number of carbonyl (C=O) groups is 2. The van der Waals surface area contributed by atoms with Crippen LogP contribution in [0, 0.1) is 6.92 Å². The van der Waals surface area contributed by atoms with Crippen molar-refractivity contribution in [3.8, 4) is 5.75 Å². The molecule has 2 amide bonds. The van der Waals surface area contributed by atoms with Gasteiger partial charge in [0.05, 0.1) is 13.1 Å². The lowest BCUT2D eigenvalue weighted by Gasteiger charge is -2.21. The normalized spacial score (nSPS) is 13.2. The summed E-state index contributed by atoms with van der Waals surface area (Å²) in [6, 6.07) is 15.9. The summed E-state index contributed by atoms with van der Waals surface area (Å²) in [4.78, 5) is 26.2. The van der Waals surface area contributed by atoms with Crippen LogP contribution in [0.3, 0.4) is 0 Å². The van der Waals surface area contributed by atoms with Crippen molar-refractivity contribution in [1.29, 1.82) is 0 Å². The zero-order chi connectivity index (χ0) is 20.6. The van der Waals surface area contributed by atoms with E-state index < -0.39 is 0 Å². The summed E-state index contributed by atoms with van der Waals surface area (Å²) in [6.07, 6.45) is 2.25. The minimum atomic E-state index is -0.0946. The molecule has 3 rings (SSSR count). The predicted molar refractivity (Wildman–Crippen MR) is 113 cm³/mol. The Labute approximate surface area is 172 Å². The molecule has 0 spiro atoms. The van der Waals surface area contributed by atoms with Crippen LogP contribution in [0.5, 0.6) is 5.75 Å². The van der Waals surface area contributed by atoms with Gasteiger partial charge in [0, 0.05) is 25.2 Å². The maximum atomic E-state index is 12.4. The molecule has 0 radical (unpaired) electrons. The van der Waals surface area contributed by atoms with Gasteiger partial charge in [-0.15, -0.1) is 0 Å². The predicted octanol–water partition coefficient (Wildman–Crippen LogP) is 2.51. The highest BCUT2D eigenvalue weighted by Crippen LogP contribution is 2.28. The fourth-order valence-electron chi connectivity index (χ4n) is 3.20. The molecule has 0 saturated heterocycles. The lowest BCUT2D eigenvalue weighted by Crippen LogP contribution is -2.39. The number of nitrogens with one attached hydrogen (secondary N) is 2. The number of nitrogens with zero attached hydrogens (tertiary/aromatic N) is 1. The molecule has 2 aromatic rings. The molecule has 2 N–H and O–H groups in total. The quantitative estimate of drug-likeness (QED) is 0.607. The number of benzene rings is 2. The third-order valence-electron chi connectivity index (χ3n) is 4.92. The van der Waals surface area contributed by atoms with E-state index in [9.17, 15) is 9.59 Å². The van der Waals surface area contributed by atoms with Crippen molar-refractivity contribution in [2.24, 2.45) is 0 Å². The molecule has 0 heterocycles. The van der Waals surface area contributed by atoms with Crippen molar-refractivity contribution in [2.75, 3.05) is 26.7 Å². The zero-order valence-corrected chi connectivity index (χ0v) is 17.1. The van der Waals surface area contributed by atoms with E-state index in [0.29, 0.717) is 37.8 Å². The van der Waals surface area contributed by atoms with Gasteiger partial charge in [-0.1, -0.05) is 24.3 Å². The minimum Gasteiger partial charge on any atom is -0.492 e. The Morgan fingerprint density at radius 3 is 2.55 bits per heavy atom. The molecule has 0 aromatic heterocycles. The minimum absolute atomic E-state index is 0.00623. The summed E-state index contributed by atoms with van der Waals surface area (Å²) in [5.74, 6) is 0.730. The summed E-state index contributed by atoms with van der Waals surface area (Å²) in [5.41, 5.74) is 2.88. The third-order valence-corrected chi connectivity index (χ3v) is 4.92. The molecule has 1 saturated carbocycles. The number of hydrogen-bond donors (Lipinski definition) is 2. The largest absolute Gasteiger partial charge is 0.492 e. The van der Waals surface area contributed by atoms with Gasteiger partial charge in [-0.25, -0.2) is 0 Å². The molecule has 1 aliphatic rings. The van der Waals surface area contributed by atoms with E-state index in [1.54, 1.807) is 7.05 Å². The first-order valence-corrected chi connectivity index (χ1v) is 10.1. The third kappa shape index (κ3) is 6.61. The van der Waals surface area contributed by atoms with Crippen LogP contribution in [0.15, 0.2) is 48.5 Å². The van der Waals surface area contributed by atoms with Gasteiger partial charge in [-0.2, -0.15) is 0 Å². The molecule has 6 nitrogen and oxygen atoms in total. The van der Waals surface area contributed by atoms with Gasteiger partial charge in [0.25, 0.3) is 5.91 Å². The highest BCUT2D eigenvalue weighted by atomic mass is 16.5. The maximum absolute atomic E-state index is 12.4. The molecule has 154 valence electrons. The number of hydrogen-bond acceptors (Lipinski definition) is 4.